The van der Waals surface area contributed by atoms with E-state index in [1.807, 2.05) is 30.3 Å². The van der Waals surface area contributed by atoms with Gasteiger partial charge in [0, 0.05) is 18.6 Å². The van der Waals surface area contributed by atoms with Crippen molar-refractivity contribution in [2.24, 2.45) is 0 Å². The van der Waals surface area contributed by atoms with E-state index < -0.39 is 7.32 Å². The molecule has 17 heavy (non-hydrogen) atoms. The Morgan fingerprint density at radius 3 is 2.59 bits per heavy atom. The number of hydrogen-bond acceptors (Lipinski definition) is 3. The molecule has 0 unspecified atom stereocenters. The minimum Gasteiger partial charge on any atom is -0.511 e. The molecule has 1 saturated heterocycles. The van der Waals surface area contributed by atoms with Crippen LogP contribution in [0.5, 0.6) is 5.75 Å². The van der Waals surface area contributed by atoms with Gasteiger partial charge in [-0.15, -0.1) is 0 Å². The van der Waals surface area contributed by atoms with Crippen LogP contribution in [0.15, 0.2) is 42.5 Å². The van der Waals surface area contributed by atoms with E-state index in [0.717, 1.165) is 22.9 Å². The van der Waals surface area contributed by atoms with Crippen LogP contribution in [0.25, 0.3) is 10.8 Å². The molecule has 2 aromatic rings. The smallest absolute Gasteiger partial charge is 0.511 e. The number of rotatable bonds is 2. The van der Waals surface area contributed by atoms with Crippen LogP contribution < -0.4 is 4.65 Å². The maximum Gasteiger partial charge on any atom is 0.713 e. The summed E-state index contributed by atoms with van der Waals surface area (Å²) in [6.07, 6.45) is 0.926. The van der Waals surface area contributed by atoms with Crippen molar-refractivity contribution < 1.29 is 14.0 Å². The van der Waals surface area contributed by atoms with Crippen molar-refractivity contribution in [2.75, 3.05) is 13.2 Å². The highest BCUT2D eigenvalue weighted by Gasteiger charge is 2.27. The van der Waals surface area contributed by atoms with E-state index in [4.69, 9.17) is 14.0 Å². The lowest BCUT2D eigenvalue weighted by Gasteiger charge is -2.20. The number of benzene rings is 2. The molecule has 0 aromatic heterocycles. The average molecular weight is 228 g/mol. The molecule has 2 aromatic carbocycles. The normalized spacial score (nSPS) is 16.1. The van der Waals surface area contributed by atoms with Crippen LogP contribution in [0.1, 0.15) is 6.42 Å². The standard InChI is InChI=1S/C13H13BO3/c1-2-7-12-11(5-1)6-3-8-13(12)17-14-15-9-4-10-16-14/h1-3,5-8H,4,9-10H2. The van der Waals surface area contributed by atoms with Crippen molar-refractivity contribution >= 4 is 18.1 Å². The zero-order chi connectivity index (χ0) is 11.5. The van der Waals surface area contributed by atoms with E-state index in [-0.39, 0.29) is 0 Å². The second-order valence-electron chi connectivity index (χ2n) is 3.98. The summed E-state index contributed by atoms with van der Waals surface area (Å²) in [4.78, 5) is 0. The molecule has 0 N–H and O–H groups in total. The number of hydrogen-bond donors (Lipinski definition) is 0. The van der Waals surface area contributed by atoms with Gasteiger partial charge >= 0.3 is 7.32 Å². The van der Waals surface area contributed by atoms with Crippen LogP contribution >= 0.6 is 0 Å². The van der Waals surface area contributed by atoms with Crippen LogP contribution in [0, 0.1) is 0 Å². The van der Waals surface area contributed by atoms with Crippen molar-refractivity contribution in [3.63, 3.8) is 0 Å². The Morgan fingerprint density at radius 2 is 1.71 bits per heavy atom. The van der Waals surface area contributed by atoms with Crippen LogP contribution in [-0.2, 0) is 9.31 Å². The maximum atomic E-state index is 5.72. The average Bonchev–Trinajstić information content (AvgIpc) is 2.40. The van der Waals surface area contributed by atoms with E-state index in [9.17, 15) is 0 Å². The van der Waals surface area contributed by atoms with Crippen LogP contribution in [-0.4, -0.2) is 20.5 Å². The highest BCUT2D eigenvalue weighted by atomic mass is 16.7. The zero-order valence-corrected chi connectivity index (χ0v) is 9.46. The molecule has 0 aliphatic carbocycles. The molecule has 3 nitrogen and oxygen atoms in total. The fraction of sp³-hybridized carbons (Fsp3) is 0.231. The van der Waals surface area contributed by atoms with Gasteiger partial charge in [-0.3, -0.25) is 0 Å². The fourth-order valence-corrected chi connectivity index (χ4v) is 1.94. The zero-order valence-electron chi connectivity index (χ0n) is 9.46. The summed E-state index contributed by atoms with van der Waals surface area (Å²) < 4.78 is 16.5. The topological polar surface area (TPSA) is 27.7 Å². The summed E-state index contributed by atoms with van der Waals surface area (Å²) in [6.45, 7) is 1.38. The quantitative estimate of drug-likeness (QED) is 0.739. The van der Waals surface area contributed by atoms with Gasteiger partial charge < -0.3 is 14.0 Å². The summed E-state index contributed by atoms with van der Waals surface area (Å²) in [6, 6.07) is 14.1. The Kier molecular flexibility index (Phi) is 2.99. The monoisotopic (exact) mass is 228 g/mol. The van der Waals surface area contributed by atoms with Crippen molar-refractivity contribution in [3.8, 4) is 5.75 Å². The van der Waals surface area contributed by atoms with Crippen molar-refractivity contribution in [2.45, 2.75) is 6.42 Å². The molecule has 0 radical (unpaired) electrons. The Labute approximate surface area is 100 Å². The van der Waals surface area contributed by atoms with Crippen molar-refractivity contribution in [3.05, 3.63) is 42.5 Å². The summed E-state index contributed by atoms with van der Waals surface area (Å²) in [5.41, 5.74) is 0. The molecule has 0 bridgehead atoms. The summed E-state index contributed by atoms with van der Waals surface area (Å²) in [5, 5.41) is 2.23. The third-order valence-electron chi connectivity index (χ3n) is 2.77. The predicted octanol–water partition coefficient (Wildman–Crippen LogP) is 2.64. The van der Waals surface area contributed by atoms with E-state index in [2.05, 4.69) is 12.1 Å². The SMILES string of the molecule is c1ccc2c(OB3OCCCO3)cccc2c1. The van der Waals surface area contributed by atoms with E-state index in [1.54, 1.807) is 0 Å². The first-order chi connectivity index (χ1) is 8.43. The second kappa shape index (κ2) is 4.78. The first-order valence-corrected chi connectivity index (χ1v) is 5.81. The van der Waals surface area contributed by atoms with Gasteiger partial charge in [-0.1, -0.05) is 36.4 Å². The molecule has 1 fully saturated rings. The fourth-order valence-electron chi connectivity index (χ4n) is 1.94. The van der Waals surface area contributed by atoms with E-state index >= 15 is 0 Å². The summed E-state index contributed by atoms with van der Waals surface area (Å²) in [5.74, 6) is 0.801. The summed E-state index contributed by atoms with van der Waals surface area (Å²) >= 11 is 0. The molecule has 1 aliphatic rings. The molecule has 0 atom stereocenters. The largest absolute Gasteiger partial charge is 0.713 e. The molecule has 3 rings (SSSR count). The molecule has 0 amide bonds. The highest BCUT2D eigenvalue weighted by Crippen LogP contribution is 2.26. The minimum absolute atomic E-state index is 0.574. The summed E-state index contributed by atoms with van der Waals surface area (Å²) in [7, 11) is -0.574. The molecular formula is C13H13BO3. The Bertz CT molecular complexity index is 503. The van der Waals surface area contributed by atoms with Gasteiger partial charge in [0.05, 0.1) is 0 Å². The van der Waals surface area contributed by atoms with Gasteiger partial charge in [-0.2, -0.15) is 0 Å². The van der Waals surface area contributed by atoms with Gasteiger partial charge in [-0.25, -0.2) is 0 Å². The third kappa shape index (κ3) is 2.28. The lowest BCUT2D eigenvalue weighted by Crippen LogP contribution is -2.35. The third-order valence-corrected chi connectivity index (χ3v) is 2.77. The van der Waals surface area contributed by atoms with Crippen LogP contribution in [0.3, 0.4) is 0 Å². The molecule has 0 spiro atoms. The van der Waals surface area contributed by atoms with Gasteiger partial charge in [-0.05, 0) is 17.9 Å². The van der Waals surface area contributed by atoms with Gasteiger partial charge in [0.25, 0.3) is 0 Å². The maximum absolute atomic E-state index is 5.72. The molecule has 1 heterocycles. The van der Waals surface area contributed by atoms with Crippen LogP contribution in [0.2, 0.25) is 0 Å². The van der Waals surface area contributed by atoms with E-state index in [0.29, 0.717) is 13.2 Å². The molecule has 0 saturated carbocycles. The number of fused-ring (bicyclic) bond motifs is 1. The van der Waals surface area contributed by atoms with Crippen molar-refractivity contribution in [1.29, 1.82) is 0 Å². The van der Waals surface area contributed by atoms with E-state index in [1.165, 1.54) is 0 Å². The van der Waals surface area contributed by atoms with Gasteiger partial charge in [0.2, 0.25) is 0 Å². The van der Waals surface area contributed by atoms with Crippen molar-refractivity contribution in [1.82, 2.24) is 0 Å². The Morgan fingerprint density at radius 1 is 0.941 bits per heavy atom. The van der Waals surface area contributed by atoms with Crippen LogP contribution in [0.4, 0.5) is 0 Å². The molecule has 86 valence electrons. The Balaban J connectivity index is 1.89. The predicted molar refractivity (Wildman–Crippen MR) is 66.9 cm³/mol. The second-order valence-corrected chi connectivity index (χ2v) is 3.98. The molecule has 4 heteroatoms. The highest BCUT2D eigenvalue weighted by molar-refractivity contribution is 6.37. The molecular weight excluding hydrogens is 215 g/mol. The van der Waals surface area contributed by atoms with Gasteiger partial charge in [0.15, 0.2) is 0 Å². The lowest BCUT2D eigenvalue weighted by atomic mass is 10.1. The Hall–Kier alpha value is -1.52. The minimum atomic E-state index is -0.574. The lowest BCUT2D eigenvalue weighted by molar-refractivity contribution is 0.0888. The first-order valence-electron chi connectivity index (χ1n) is 5.81. The van der Waals surface area contributed by atoms with Gasteiger partial charge in [0.1, 0.15) is 5.75 Å². The molecule has 1 aliphatic heterocycles. The first kappa shape index (κ1) is 10.6.